The largest absolute Gasteiger partial charge is 0.341 e. The molecule has 0 aromatic heterocycles. The second-order valence-electron chi connectivity index (χ2n) is 1.78. The maximum absolute atomic E-state index is 11.1. The Morgan fingerprint density at radius 3 is 2.43 bits per heavy atom. The number of rotatable bonds is 2. The smallest absolute Gasteiger partial charge is 0.255 e. The summed E-state index contributed by atoms with van der Waals surface area (Å²) in [5, 5.41) is 0. The molecule has 0 amide bonds. The third-order valence-corrected chi connectivity index (χ3v) is 1.30. The number of hydrogen-bond acceptors (Lipinski definition) is 1. The van der Waals surface area contributed by atoms with Gasteiger partial charge in [-0.15, -0.1) is 0 Å². The Kier molecular flexibility index (Phi) is 1.63. The molecule has 1 saturated carbocycles. The van der Waals surface area contributed by atoms with Crippen LogP contribution in [-0.2, 0) is 4.74 Å². The summed E-state index contributed by atoms with van der Waals surface area (Å²) in [7, 11) is 0. The second-order valence-corrected chi connectivity index (χ2v) is 1.78. The minimum absolute atomic E-state index is 0.199. The highest BCUT2D eigenvalue weighted by molar-refractivity contribution is 4.68. The van der Waals surface area contributed by atoms with E-state index in [0.717, 1.165) is 12.8 Å². The number of halogens is 1. The Hall–Kier alpha value is -0.110. The van der Waals surface area contributed by atoms with E-state index in [1.54, 1.807) is 0 Å². The molecule has 1 radical (unpaired) electrons. The first-order chi connectivity index (χ1) is 3.43. The zero-order valence-electron chi connectivity index (χ0n) is 4.06. The van der Waals surface area contributed by atoms with Crippen LogP contribution < -0.4 is 0 Å². The van der Waals surface area contributed by atoms with Crippen molar-refractivity contribution in [1.29, 1.82) is 0 Å². The first-order valence-electron chi connectivity index (χ1n) is 2.51. The van der Waals surface area contributed by atoms with Crippen LogP contribution in [0.2, 0.25) is 0 Å². The Bertz CT molecular complexity index is 52.0. The maximum Gasteiger partial charge on any atom is 0.255 e. The van der Waals surface area contributed by atoms with Crippen LogP contribution in [0, 0.1) is 6.86 Å². The molecule has 0 saturated heterocycles. The van der Waals surface area contributed by atoms with E-state index in [-0.39, 0.29) is 13.0 Å². The normalized spacial score (nSPS) is 21.9. The summed E-state index contributed by atoms with van der Waals surface area (Å²) in [4.78, 5) is 0. The van der Waals surface area contributed by atoms with Gasteiger partial charge >= 0.3 is 0 Å². The molecule has 1 aliphatic rings. The molecule has 0 bridgehead atoms. The first kappa shape index (κ1) is 5.04. The summed E-state index contributed by atoms with van der Waals surface area (Å²) in [5.41, 5.74) is 0. The fraction of sp³-hybridized carbons (Fsp3) is 0.800. The quantitative estimate of drug-likeness (QED) is 0.516. The zero-order chi connectivity index (χ0) is 5.11. The van der Waals surface area contributed by atoms with Gasteiger partial charge in [0.15, 0.2) is 0 Å². The van der Waals surface area contributed by atoms with Crippen molar-refractivity contribution in [2.45, 2.75) is 25.4 Å². The predicted molar refractivity (Wildman–Crippen MR) is 24.1 cm³/mol. The second kappa shape index (κ2) is 2.26. The molecule has 1 nitrogen and oxygen atoms in total. The first-order valence-corrected chi connectivity index (χ1v) is 2.51. The highest BCUT2D eigenvalue weighted by Crippen LogP contribution is 2.22. The van der Waals surface area contributed by atoms with Gasteiger partial charge in [-0.1, -0.05) is 0 Å². The summed E-state index contributed by atoms with van der Waals surface area (Å²) in [5.74, 6) is 0. The lowest BCUT2D eigenvalue weighted by atomic mass is 9.96. The SMILES string of the molecule is F[CH]OC1CCC1. The topological polar surface area (TPSA) is 9.23 Å². The molecule has 0 N–H and O–H groups in total. The number of ether oxygens (including phenoxy) is 1. The van der Waals surface area contributed by atoms with Crippen LogP contribution in [0.3, 0.4) is 0 Å². The summed E-state index contributed by atoms with van der Waals surface area (Å²) in [6.07, 6.45) is 3.45. The van der Waals surface area contributed by atoms with Gasteiger partial charge in [0.2, 0.25) is 0 Å². The molecule has 7 heavy (non-hydrogen) atoms. The van der Waals surface area contributed by atoms with Gasteiger partial charge in [-0.3, -0.25) is 0 Å². The van der Waals surface area contributed by atoms with E-state index in [9.17, 15) is 4.39 Å². The van der Waals surface area contributed by atoms with Crippen molar-refractivity contribution >= 4 is 0 Å². The van der Waals surface area contributed by atoms with Crippen molar-refractivity contribution in [3.05, 3.63) is 6.86 Å². The van der Waals surface area contributed by atoms with Gasteiger partial charge in [0.25, 0.3) is 6.86 Å². The van der Waals surface area contributed by atoms with Crippen molar-refractivity contribution < 1.29 is 9.13 Å². The van der Waals surface area contributed by atoms with Crippen LogP contribution in [0.5, 0.6) is 0 Å². The summed E-state index contributed by atoms with van der Waals surface area (Å²) in [6, 6.07) is 0. The maximum atomic E-state index is 11.1. The lowest BCUT2D eigenvalue weighted by Gasteiger charge is -2.22. The third kappa shape index (κ3) is 1.13. The lowest BCUT2D eigenvalue weighted by molar-refractivity contribution is 0.00843. The molecule has 1 aliphatic carbocycles. The molecule has 1 fully saturated rings. The van der Waals surface area contributed by atoms with Gasteiger partial charge in [-0.2, -0.15) is 0 Å². The summed E-state index contributed by atoms with van der Waals surface area (Å²) in [6.45, 7) is 0.282. The molecule has 0 aliphatic heterocycles. The Morgan fingerprint density at radius 2 is 2.29 bits per heavy atom. The molecule has 0 spiro atoms. The predicted octanol–water partition coefficient (Wildman–Crippen LogP) is 1.64. The van der Waals surface area contributed by atoms with Crippen LogP contribution in [0.25, 0.3) is 0 Å². The Balaban J connectivity index is 1.93. The van der Waals surface area contributed by atoms with E-state index < -0.39 is 0 Å². The molecule has 0 atom stereocenters. The minimum atomic E-state index is 0.199. The van der Waals surface area contributed by atoms with Crippen molar-refractivity contribution in [3.8, 4) is 0 Å². The van der Waals surface area contributed by atoms with Gasteiger partial charge < -0.3 is 4.74 Å². The van der Waals surface area contributed by atoms with Crippen molar-refractivity contribution in [2.24, 2.45) is 0 Å². The lowest BCUT2D eigenvalue weighted by Crippen LogP contribution is -2.19. The number of hydrogen-bond donors (Lipinski definition) is 0. The van der Waals surface area contributed by atoms with Gasteiger partial charge in [-0.05, 0) is 19.3 Å². The van der Waals surface area contributed by atoms with E-state index in [2.05, 4.69) is 4.74 Å². The zero-order valence-corrected chi connectivity index (χ0v) is 4.06. The standard InChI is InChI=1S/C5H8FO/c6-4-7-5-2-1-3-5/h4-5H,1-3H2. The molecule has 0 aromatic carbocycles. The monoisotopic (exact) mass is 103 g/mol. The fourth-order valence-electron chi connectivity index (χ4n) is 0.580. The van der Waals surface area contributed by atoms with Crippen LogP contribution >= 0.6 is 0 Å². The molecule has 41 valence electrons. The van der Waals surface area contributed by atoms with Crippen LogP contribution in [0.1, 0.15) is 19.3 Å². The van der Waals surface area contributed by atoms with E-state index in [4.69, 9.17) is 0 Å². The fourth-order valence-corrected chi connectivity index (χ4v) is 0.580. The minimum Gasteiger partial charge on any atom is -0.341 e. The van der Waals surface area contributed by atoms with Crippen molar-refractivity contribution in [3.63, 3.8) is 0 Å². The Morgan fingerprint density at radius 1 is 1.57 bits per heavy atom. The molecule has 0 heterocycles. The molecule has 0 unspecified atom stereocenters. The molecular weight excluding hydrogens is 95.1 g/mol. The average molecular weight is 103 g/mol. The van der Waals surface area contributed by atoms with E-state index in [0.29, 0.717) is 0 Å². The highest BCUT2D eigenvalue weighted by Gasteiger charge is 2.17. The molecule has 1 rings (SSSR count). The van der Waals surface area contributed by atoms with Crippen LogP contribution in [0.15, 0.2) is 0 Å². The van der Waals surface area contributed by atoms with Gasteiger partial charge in [0, 0.05) is 0 Å². The van der Waals surface area contributed by atoms with E-state index in [1.807, 2.05) is 0 Å². The molecular formula is C5H8FO. The van der Waals surface area contributed by atoms with Gasteiger partial charge in [-0.25, -0.2) is 4.39 Å². The molecule has 2 heteroatoms. The van der Waals surface area contributed by atoms with Gasteiger partial charge in [0.05, 0.1) is 6.10 Å². The van der Waals surface area contributed by atoms with E-state index in [1.165, 1.54) is 6.42 Å². The van der Waals surface area contributed by atoms with Crippen molar-refractivity contribution in [2.75, 3.05) is 0 Å². The molecule has 0 aromatic rings. The highest BCUT2D eigenvalue weighted by atomic mass is 19.1. The van der Waals surface area contributed by atoms with Crippen LogP contribution in [-0.4, -0.2) is 6.10 Å². The third-order valence-electron chi connectivity index (χ3n) is 1.30. The Labute approximate surface area is 42.5 Å². The summed E-state index contributed by atoms with van der Waals surface area (Å²) >= 11 is 0. The average Bonchev–Trinajstić information content (AvgIpc) is 1.55. The van der Waals surface area contributed by atoms with Crippen molar-refractivity contribution in [1.82, 2.24) is 0 Å². The van der Waals surface area contributed by atoms with Crippen LogP contribution in [0.4, 0.5) is 4.39 Å². The van der Waals surface area contributed by atoms with Gasteiger partial charge in [0.1, 0.15) is 0 Å². The van der Waals surface area contributed by atoms with E-state index >= 15 is 0 Å². The summed E-state index contributed by atoms with van der Waals surface area (Å²) < 4.78 is 15.6.